The summed E-state index contributed by atoms with van der Waals surface area (Å²) in [5.41, 5.74) is 0.367. The van der Waals surface area contributed by atoms with Crippen LogP contribution in [-0.2, 0) is 15.5 Å². The van der Waals surface area contributed by atoms with Gasteiger partial charge in [0.25, 0.3) is 0 Å². The average molecular weight is 198 g/mol. The van der Waals surface area contributed by atoms with Crippen LogP contribution in [0.2, 0.25) is 0 Å². The van der Waals surface area contributed by atoms with Crippen molar-refractivity contribution in [3.8, 4) is 0 Å². The quantitative estimate of drug-likeness (QED) is 0.671. The van der Waals surface area contributed by atoms with Crippen molar-refractivity contribution in [2.24, 2.45) is 0 Å². The number of hydrogen-bond acceptors (Lipinski definition) is 3. The molecule has 0 aliphatic carbocycles. The van der Waals surface area contributed by atoms with Crippen molar-refractivity contribution < 1.29 is 13.7 Å². The van der Waals surface area contributed by atoms with Crippen molar-refractivity contribution in [1.29, 1.82) is 0 Å². The van der Waals surface area contributed by atoms with Crippen molar-refractivity contribution in [3.05, 3.63) is 29.8 Å². The maximum atomic E-state index is 11.2. The minimum atomic E-state index is -1.16. The van der Waals surface area contributed by atoms with Crippen LogP contribution >= 0.6 is 0 Å². The highest BCUT2D eigenvalue weighted by Gasteiger charge is 2.12. The molecule has 1 rings (SSSR count). The van der Waals surface area contributed by atoms with E-state index < -0.39 is 16.8 Å². The van der Waals surface area contributed by atoms with E-state index in [2.05, 4.69) is 4.74 Å². The second kappa shape index (κ2) is 4.18. The summed E-state index contributed by atoms with van der Waals surface area (Å²) >= 11 is 0. The van der Waals surface area contributed by atoms with Gasteiger partial charge in [-0.25, -0.2) is 4.79 Å². The van der Waals surface area contributed by atoms with Gasteiger partial charge in [0.15, 0.2) is 0 Å². The first-order valence-electron chi connectivity index (χ1n) is 3.67. The van der Waals surface area contributed by atoms with Crippen molar-refractivity contribution in [1.82, 2.24) is 0 Å². The number of hydrogen-bond donors (Lipinski definition) is 0. The van der Waals surface area contributed by atoms with Gasteiger partial charge in [-0.05, 0) is 12.1 Å². The second-order valence-electron chi connectivity index (χ2n) is 2.44. The number of esters is 1. The molecule has 0 spiro atoms. The topological polar surface area (TPSA) is 43.4 Å². The molecule has 3 nitrogen and oxygen atoms in total. The zero-order chi connectivity index (χ0) is 9.84. The van der Waals surface area contributed by atoms with Crippen LogP contribution in [0.25, 0.3) is 0 Å². The molecule has 1 aromatic carbocycles. The maximum absolute atomic E-state index is 11.2. The minimum absolute atomic E-state index is 0.367. The van der Waals surface area contributed by atoms with Crippen LogP contribution in [0, 0.1) is 0 Å². The van der Waals surface area contributed by atoms with E-state index >= 15 is 0 Å². The lowest BCUT2D eigenvalue weighted by molar-refractivity contribution is 0.0596. The Morgan fingerprint density at radius 1 is 1.38 bits per heavy atom. The molecular weight excluding hydrogens is 188 g/mol. The molecule has 0 aliphatic heterocycles. The van der Waals surface area contributed by atoms with E-state index in [0.29, 0.717) is 10.5 Å². The lowest BCUT2D eigenvalue weighted by Gasteiger charge is -2.03. The lowest BCUT2D eigenvalue weighted by atomic mass is 10.2. The Kier molecular flexibility index (Phi) is 3.19. The summed E-state index contributed by atoms with van der Waals surface area (Å²) in [6.45, 7) is 0. The fraction of sp³-hybridized carbons (Fsp3) is 0.222. The van der Waals surface area contributed by atoms with Gasteiger partial charge in [-0.1, -0.05) is 12.1 Å². The van der Waals surface area contributed by atoms with Gasteiger partial charge < -0.3 is 4.74 Å². The molecule has 0 saturated heterocycles. The van der Waals surface area contributed by atoms with Crippen LogP contribution < -0.4 is 0 Å². The lowest BCUT2D eigenvalue weighted by Crippen LogP contribution is -2.05. The first kappa shape index (κ1) is 9.92. The van der Waals surface area contributed by atoms with Gasteiger partial charge >= 0.3 is 5.97 Å². The summed E-state index contributed by atoms with van der Waals surface area (Å²) in [5.74, 6) is -0.453. The fourth-order valence-corrected chi connectivity index (χ4v) is 1.73. The molecule has 0 heterocycles. The average Bonchev–Trinajstić information content (AvgIpc) is 2.16. The summed E-state index contributed by atoms with van der Waals surface area (Å²) in [6, 6.07) is 6.71. The minimum Gasteiger partial charge on any atom is -0.465 e. The van der Waals surface area contributed by atoms with Gasteiger partial charge in [0.1, 0.15) is 0 Å². The maximum Gasteiger partial charge on any atom is 0.339 e. The van der Waals surface area contributed by atoms with Gasteiger partial charge in [-0.3, -0.25) is 4.21 Å². The van der Waals surface area contributed by atoms with Crippen molar-refractivity contribution in [2.45, 2.75) is 4.90 Å². The molecule has 70 valence electrons. The van der Waals surface area contributed by atoms with E-state index in [0.717, 1.165) is 0 Å². The highest BCUT2D eigenvalue weighted by Crippen LogP contribution is 2.12. The summed E-state index contributed by atoms with van der Waals surface area (Å²) in [4.78, 5) is 11.7. The number of rotatable bonds is 2. The summed E-state index contributed by atoms with van der Waals surface area (Å²) in [5, 5.41) is 0. The summed E-state index contributed by atoms with van der Waals surface area (Å²) in [6.07, 6.45) is 1.53. The van der Waals surface area contributed by atoms with E-state index in [1.165, 1.54) is 13.4 Å². The smallest absolute Gasteiger partial charge is 0.339 e. The van der Waals surface area contributed by atoms with Crippen LogP contribution in [0.5, 0.6) is 0 Å². The third-order valence-electron chi connectivity index (χ3n) is 1.60. The first-order valence-corrected chi connectivity index (χ1v) is 5.23. The van der Waals surface area contributed by atoms with Gasteiger partial charge in [0.2, 0.25) is 0 Å². The van der Waals surface area contributed by atoms with Crippen LogP contribution in [-0.4, -0.2) is 23.5 Å². The Hall–Kier alpha value is -1.16. The zero-order valence-electron chi connectivity index (χ0n) is 7.44. The van der Waals surface area contributed by atoms with Crippen LogP contribution in [0.1, 0.15) is 10.4 Å². The number of carbonyl (C=O) groups is 1. The standard InChI is InChI=1S/C9H10O3S/c1-12-9(10)7-5-3-4-6-8(7)13(2)11/h3-6H,1-2H3/t13-/m0/s1. The molecule has 13 heavy (non-hydrogen) atoms. The zero-order valence-corrected chi connectivity index (χ0v) is 8.26. The second-order valence-corrected chi connectivity index (χ2v) is 3.79. The fourth-order valence-electron chi connectivity index (χ4n) is 0.996. The Bertz CT molecular complexity index is 346. The molecule has 0 aromatic heterocycles. The van der Waals surface area contributed by atoms with Crippen molar-refractivity contribution >= 4 is 16.8 Å². The molecule has 0 amide bonds. The molecule has 0 saturated carbocycles. The highest BCUT2D eigenvalue weighted by molar-refractivity contribution is 7.84. The molecule has 0 N–H and O–H groups in total. The third-order valence-corrected chi connectivity index (χ3v) is 2.58. The summed E-state index contributed by atoms with van der Waals surface area (Å²) < 4.78 is 15.7. The molecular formula is C9H10O3S. The largest absolute Gasteiger partial charge is 0.465 e. The Morgan fingerprint density at radius 3 is 2.54 bits per heavy atom. The molecule has 0 fully saturated rings. The van der Waals surface area contributed by atoms with E-state index in [-0.39, 0.29) is 0 Å². The normalized spacial score (nSPS) is 12.2. The molecule has 4 heteroatoms. The number of benzene rings is 1. The third kappa shape index (κ3) is 2.15. The Balaban J connectivity index is 3.19. The number of carbonyl (C=O) groups excluding carboxylic acids is 1. The van der Waals surface area contributed by atoms with E-state index in [1.807, 2.05) is 0 Å². The monoisotopic (exact) mass is 198 g/mol. The van der Waals surface area contributed by atoms with Gasteiger partial charge in [-0.2, -0.15) is 0 Å². The molecule has 0 unspecified atom stereocenters. The number of methoxy groups -OCH3 is 1. The van der Waals surface area contributed by atoms with Gasteiger partial charge in [-0.15, -0.1) is 0 Å². The SMILES string of the molecule is COC(=O)c1ccccc1[S@](C)=O. The summed E-state index contributed by atoms with van der Waals surface area (Å²) in [7, 11) is 0.140. The Labute approximate surface area is 79.2 Å². The predicted octanol–water partition coefficient (Wildman–Crippen LogP) is 1.21. The van der Waals surface area contributed by atoms with Crippen molar-refractivity contribution in [2.75, 3.05) is 13.4 Å². The number of ether oxygens (including phenoxy) is 1. The van der Waals surface area contributed by atoms with Crippen molar-refractivity contribution in [3.63, 3.8) is 0 Å². The first-order chi connectivity index (χ1) is 6.16. The van der Waals surface area contributed by atoms with E-state index in [4.69, 9.17) is 0 Å². The predicted molar refractivity (Wildman–Crippen MR) is 50.1 cm³/mol. The van der Waals surface area contributed by atoms with Crippen LogP contribution in [0.3, 0.4) is 0 Å². The highest BCUT2D eigenvalue weighted by atomic mass is 32.2. The van der Waals surface area contributed by atoms with E-state index in [1.54, 1.807) is 24.3 Å². The molecule has 1 atom stereocenters. The van der Waals surface area contributed by atoms with E-state index in [9.17, 15) is 9.00 Å². The van der Waals surface area contributed by atoms with Crippen LogP contribution in [0.15, 0.2) is 29.2 Å². The molecule has 1 aromatic rings. The van der Waals surface area contributed by atoms with Crippen LogP contribution in [0.4, 0.5) is 0 Å². The molecule has 0 bridgehead atoms. The molecule has 0 radical (unpaired) electrons. The van der Waals surface area contributed by atoms with Gasteiger partial charge in [0, 0.05) is 6.26 Å². The Morgan fingerprint density at radius 2 is 2.00 bits per heavy atom. The van der Waals surface area contributed by atoms with Gasteiger partial charge in [0.05, 0.1) is 28.4 Å². The molecule has 0 aliphatic rings.